The van der Waals surface area contributed by atoms with Crippen molar-refractivity contribution in [1.82, 2.24) is 14.9 Å². The minimum absolute atomic E-state index is 0.501. The first kappa shape index (κ1) is 10.5. The number of allylic oxidation sites excluding steroid dienone is 2. The SMILES string of the molecule is S=c1[nH][nH]c(=S)n1/N=C\[C@@H]1CC=CCC1. The van der Waals surface area contributed by atoms with E-state index in [0.717, 1.165) is 19.3 Å². The Morgan fingerprint density at radius 2 is 2.07 bits per heavy atom. The molecule has 1 heterocycles. The molecule has 1 aliphatic carbocycles. The quantitative estimate of drug-likeness (QED) is 0.474. The predicted molar refractivity (Wildman–Crippen MR) is 65.2 cm³/mol. The Morgan fingerprint density at radius 3 is 2.67 bits per heavy atom. The molecule has 15 heavy (non-hydrogen) atoms. The third-order valence-electron chi connectivity index (χ3n) is 2.36. The molecule has 4 nitrogen and oxygen atoms in total. The molecule has 0 aliphatic heterocycles. The predicted octanol–water partition coefficient (Wildman–Crippen LogP) is 2.79. The van der Waals surface area contributed by atoms with Crippen molar-refractivity contribution >= 4 is 30.7 Å². The van der Waals surface area contributed by atoms with Gasteiger partial charge in [-0.05, 0) is 49.6 Å². The summed E-state index contributed by atoms with van der Waals surface area (Å²) >= 11 is 10.0. The van der Waals surface area contributed by atoms with Gasteiger partial charge >= 0.3 is 0 Å². The van der Waals surface area contributed by atoms with Crippen molar-refractivity contribution in [2.45, 2.75) is 19.3 Å². The standard InChI is InChI=1S/C9H12N4S2/c14-8-11-12-9(15)13(8)10-6-7-4-2-1-3-5-7/h1-2,6-7H,3-5H2,(H,11,14)(H,12,15)/b10-6-/t7-/m1/s1. The van der Waals surface area contributed by atoms with E-state index in [2.05, 4.69) is 27.5 Å². The molecule has 0 spiro atoms. The fourth-order valence-electron chi connectivity index (χ4n) is 1.52. The Labute approximate surface area is 97.7 Å². The Balaban J connectivity index is 2.14. The lowest BCUT2D eigenvalue weighted by atomic mass is 9.96. The lowest BCUT2D eigenvalue weighted by molar-refractivity contribution is 0.621. The lowest BCUT2D eigenvalue weighted by Crippen LogP contribution is -2.05. The topological polar surface area (TPSA) is 48.9 Å². The van der Waals surface area contributed by atoms with Crippen LogP contribution in [0.25, 0.3) is 0 Å². The summed E-state index contributed by atoms with van der Waals surface area (Å²) in [5, 5.41) is 9.77. The smallest absolute Gasteiger partial charge is 0.215 e. The third-order valence-corrected chi connectivity index (χ3v) is 2.91. The Kier molecular flexibility index (Phi) is 3.27. The van der Waals surface area contributed by atoms with Gasteiger partial charge in [-0.3, -0.25) is 10.2 Å². The fraction of sp³-hybridized carbons (Fsp3) is 0.444. The molecule has 1 aliphatic rings. The van der Waals surface area contributed by atoms with Crippen LogP contribution < -0.4 is 0 Å². The summed E-state index contributed by atoms with van der Waals surface area (Å²) in [6.07, 6.45) is 9.65. The molecule has 0 saturated heterocycles. The molecule has 0 fully saturated rings. The molecule has 2 rings (SSSR count). The van der Waals surface area contributed by atoms with Crippen LogP contribution in [0.2, 0.25) is 0 Å². The van der Waals surface area contributed by atoms with Crippen LogP contribution in [0.5, 0.6) is 0 Å². The molecule has 2 N–H and O–H groups in total. The molecule has 1 aromatic heterocycles. The lowest BCUT2D eigenvalue weighted by Gasteiger charge is -2.11. The zero-order chi connectivity index (χ0) is 10.7. The summed E-state index contributed by atoms with van der Waals surface area (Å²) < 4.78 is 2.54. The maximum atomic E-state index is 5.02. The number of aromatic nitrogens is 3. The van der Waals surface area contributed by atoms with Gasteiger partial charge in [0.25, 0.3) is 0 Å². The first-order valence-corrected chi connectivity index (χ1v) is 5.68. The summed E-state index contributed by atoms with van der Waals surface area (Å²) in [4.78, 5) is 0. The number of hydrogen-bond acceptors (Lipinski definition) is 3. The van der Waals surface area contributed by atoms with E-state index in [1.165, 1.54) is 4.68 Å². The monoisotopic (exact) mass is 240 g/mol. The molecule has 0 radical (unpaired) electrons. The highest BCUT2D eigenvalue weighted by Crippen LogP contribution is 2.15. The van der Waals surface area contributed by atoms with Crippen LogP contribution in [-0.2, 0) is 0 Å². The second kappa shape index (κ2) is 4.67. The van der Waals surface area contributed by atoms with E-state index in [0.29, 0.717) is 15.5 Å². The van der Waals surface area contributed by atoms with Gasteiger partial charge in [-0.15, -0.1) is 0 Å². The largest absolute Gasteiger partial charge is 0.273 e. The molecular formula is C9H12N4S2. The second-order valence-electron chi connectivity index (χ2n) is 3.48. The van der Waals surface area contributed by atoms with Crippen molar-refractivity contribution in [2.75, 3.05) is 0 Å². The first-order valence-electron chi connectivity index (χ1n) is 4.86. The van der Waals surface area contributed by atoms with E-state index in [1.54, 1.807) is 0 Å². The summed E-state index contributed by atoms with van der Waals surface area (Å²) in [6, 6.07) is 0. The Bertz CT molecular complexity index is 463. The van der Waals surface area contributed by atoms with Gasteiger partial charge in [-0.25, -0.2) is 0 Å². The Morgan fingerprint density at radius 1 is 1.33 bits per heavy atom. The maximum absolute atomic E-state index is 5.02. The third kappa shape index (κ3) is 2.51. The average molecular weight is 240 g/mol. The number of H-pyrrole nitrogens is 2. The average Bonchev–Trinajstić information content (AvgIpc) is 2.58. The fourth-order valence-corrected chi connectivity index (χ4v) is 1.96. The molecule has 6 heteroatoms. The van der Waals surface area contributed by atoms with Crippen LogP contribution in [0.3, 0.4) is 0 Å². The van der Waals surface area contributed by atoms with Crippen molar-refractivity contribution in [3.8, 4) is 0 Å². The number of hydrogen-bond donors (Lipinski definition) is 2. The van der Waals surface area contributed by atoms with E-state index >= 15 is 0 Å². The van der Waals surface area contributed by atoms with Gasteiger partial charge in [-0.2, -0.15) is 9.78 Å². The highest BCUT2D eigenvalue weighted by atomic mass is 32.1. The molecule has 0 saturated carbocycles. The van der Waals surface area contributed by atoms with Gasteiger partial charge in [-0.1, -0.05) is 12.2 Å². The van der Waals surface area contributed by atoms with Crippen LogP contribution in [0.15, 0.2) is 17.3 Å². The van der Waals surface area contributed by atoms with Gasteiger partial charge in [0.2, 0.25) is 9.54 Å². The first-order chi connectivity index (χ1) is 7.27. The molecule has 0 amide bonds. The van der Waals surface area contributed by atoms with E-state index < -0.39 is 0 Å². The van der Waals surface area contributed by atoms with Crippen molar-refractivity contribution in [2.24, 2.45) is 11.0 Å². The number of nitrogens with zero attached hydrogens (tertiary/aromatic N) is 2. The van der Waals surface area contributed by atoms with Crippen LogP contribution in [-0.4, -0.2) is 21.1 Å². The van der Waals surface area contributed by atoms with Crippen LogP contribution in [0.1, 0.15) is 19.3 Å². The van der Waals surface area contributed by atoms with E-state index in [-0.39, 0.29) is 0 Å². The Hall–Kier alpha value is -1.01. The summed E-state index contributed by atoms with van der Waals surface area (Å²) in [5.41, 5.74) is 0. The van der Waals surface area contributed by atoms with Crippen molar-refractivity contribution in [1.29, 1.82) is 0 Å². The van der Waals surface area contributed by atoms with E-state index in [4.69, 9.17) is 24.4 Å². The maximum Gasteiger partial charge on any atom is 0.215 e. The number of nitrogens with one attached hydrogen (secondary N) is 2. The van der Waals surface area contributed by atoms with Gasteiger partial charge in [0.05, 0.1) is 0 Å². The number of rotatable bonds is 2. The van der Waals surface area contributed by atoms with Crippen molar-refractivity contribution < 1.29 is 0 Å². The highest BCUT2D eigenvalue weighted by molar-refractivity contribution is 7.72. The van der Waals surface area contributed by atoms with Crippen molar-refractivity contribution in [3.05, 3.63) is 21.7 Å². The van der Waals surface area contributed by atoms with Crippen LogP contribution in [0.4, 0.5) is 0 Å². The summed E-state index contributed by atoms with van der Waals surface area (Å²) in [6.45, 7) is 0. The van der Waals surface area contributed by atoms with Crippen molar-refractivity contribution in [3.63, 3.8) is 0 Å². The zero-order valence-corrected chi connectivity index (χ0v) is 9.77. The van der Waals surface area contributed by atoms with Crippen LogP contribution >= 0.6 is 24.4 Å². The van der Waals surface area contributed by atoms with E-state index in [9.17, 15) is 0 Å². The van der Waals surface area contributed by atoms with Gasteiger partial charge in [0, 0.05) is 6.21 Å². The molecule has 80 valence electrons. The zero-order valence-electron chi connectivity index (χ0n) is 8.14. The highest BCUT2D eigenvalue weighted by Gasteiger charge is 2.06. The second-order valence-corrected chi connectivity index (χ2v) is 4.25. The molecule has 0 bridgehead atoms. The normalized spacial score (nSPS) is 21.2. The number of aromatic amines is 2. The molecule has 0 unspecified atom stereocenters. The van der Waals surface area contributed by atoms with Gasteiger partial charge < -0.3 is 0 Å². The summed E-state index contributed by atoms with van der Waals surface area (Å²) in [7, 11) is 0. The molecule has 1 aromatic rings. The van der Waals surface area contributed by atoms with Gasteiger partial charge in [0.15, 0.2) is 0 Å². The molecular weight excluding hydrogens is 228 g/mol. The van der Waals surface area contributed by atoms with Gasteiger partial charge in [0.1, 0.15) is 0 Å². The molecule has 1 atom stereocenters. The van der Waals surface area contributed by atoms with Crippen LogP contribution in [0, 0.1) is 15.5 Å². The van der Waals surface area contributed by atoms with E-state index in [1.807, 2.05) is 6.21 Å². The minimum atomic E-state index is 0.501. The molecule has 0 aromatic carbocycles. The summed E-state index contributed by atoms with van der Waals surface area (Å²) in [5.74, 6) is 0.501. The minimum Gasteiger partial charge on any atom is -0.273 e.